The molecule has 180 valence electrons. The van der Waals surface area contributed by atoms with E-state index in [1.807, 2.05) is 53.2 Å². The Morgan fingerprint density at radius 3 is 2.11 bits per heavy atom. The zero-order valence-electron chi connectivity index (χ0n) is 18.4. The van der Waals surface area contributed by atoms with Crippen LogP contribution in [0.2, 0.25) is 0 Å². The van der Waals surface area contributed by atoms with Gasteiger partial charge in [-0.25, -0.2) is 9.97 Å². The van der Waals surface area contributed by atoms with Crippen LogP contribution in [-0.2, 0) is 6.18 Å². The van der Waals surface area contributed by atoms with E-state index in [4.69, 9.17) is 4.74 Å². The zero-order valence-corrected chi connectivity index (χ0v) is 20.1. The molecule has 6 aromatic rings. The molecule has 0 spiro atoms. The van der Waals surface area contributed by atoms with Gasteiger partial charge in [0, 0.05) is 31.8 Å². The van der Waals surface area contributed by atoms with Gasteiger partial charge < -0.3 is 9.84 Å². The van der Waals surface area contributed by atoms with Crippen molar-refractivity contribution in [3.63, 3.8) is 0 Å². The number of aromatic hydroxyl groups is 1. The van der Waals surface area contributed by atoms with Gasteiger partial charge >= 0.3 is 6.18 Å². The number of fused-ring (bicyclic) bond motifs is 2. The second kappa shape index (κ2) is 9.96. The molecular weight excluding hydrogens is 505 g/mol. The standard InChI is InChI=1S/C19H11F3N2OS.C8H6OS/c20-19(21,22)13-6-4-12(5-7-13)15-10-18(24-11-23-15)25-16-2-1-3-17-14(16)8-9-26-17;9-7-2-1-3-8-6(7)4-5-10-8/h1-11H;1-5,9H. The van der Waals surface area contributed by atoms with Gasteiger partial charge in [-0.15, -0.1) is 22.7 Å². The van der Waals surface area contributed by atoms with E-state index in [9.17, 15) is 18.3 Å². The Morgan fingerprint density at radius 2 is 1.42 bits per heavy atom. The van der Waals surface area contributed by atoms with E-state index >= 15 is 0 Å². The van der Waals surface area contributed by atoms with Crippen LogP contribution in [0.1, 0.15) is 5.56 Å². The normalized spacial score (nSPS) is 11.3. The molecule has 0 atom stereocenters. The molecule has 0 aliphatic rings. The summed E-state index contributed by atoms with van der Waals surface area (Å²) in [5.41, 5.74) is 0.344. The molecule has 0 saturated carbocycles. The fourth-order valence-electron chi connectivity index (χ4n) is 3.53. The van der Waals surface area contributed by atoms with E-state index in [0.29, 0.717) is 28.6 Å². The van der Waals surface area contributed by atoms with Gasteiger partial charge in [0.15, 0.2) is 0 Å². The van der Waals surface area contributed by atoms with Crippen LogP contribution in [0.3, 0.4) is 0 Å². The number of thiophene rings is 2. The van der Waals surface area contributed by atoms with E-state index in [2.05, 4.69) is 9.97 Å². The molecule has 3 heterocycles. The number of rotatable bonds is 3. The van der Waals surface area contributed by atoms with Crippen LogP contribution in [0.4, 0.5) is 13.2 Å². The Labute approximate surface area is 211 Å². The Morgan fingerprint density at radius 1 is 0.750 bits per heavy atom. The first-order valence-corrected chi connectivity index (χ1v) is 12.4. The van der Waals surface area contributed by atoms with Crippen molar-refractivity contribution in [2.45, 2.75) is 6.18 Å². The van der Waals surface area contributed by atoms with Crippen LogP contribution < -0.4 is 4.74 Å². The van der Waals surface area contributed by atoms with Crippen LogP contribution in [0.5, 0.6) is 17.4 Å². The lowest BCUT2D eigenvalue weighted by atomic mass is 10.1. The predicted molar refractivity (Wildman–Crippen MR) is 138 cm³/mol. The monoisotopic (exact) mass is 522 g/mol. The summed E-state index contributed by atoms with van der Waals surface area (Å²) < 4.78 is 46.2. The lowest BCUT2D eigenvalue weighted by Gasteiger charge is -2.09. The molecular formula is C27H17F3N2O2S2. The maximum atomic E-state index is 12.7. The minimum Gasteiger partial charge on any atom is -0.507 e. The molecule has 0 saturated heterocycles. The highest BCUT2D eigenvalue weighted by molar-refractivity contribution is 7.17. The second-order valence-electron chi connectivity index (χ2n) is 7.62. The average Bonchev–Trinajstić information content (AvgIpc) is 3.55. The van der Waals surface area contributed by atoms with Crippen molar-refractivity contribution in [1.29, 1.82) is 0 Å². The maximum absolute atomic E-state index is 12.7. The highest BCUT2D eigenvalue weighted by Gasteiger charge is 2.30. The zero-order chi connectivity index (χ0) is 25.1. The first kappa shape index (κ1) is 23.8. The number of hydrogen-bond acceptors (Lipinski definition) is 6. The number of benzene rings is 3. The first-order chi connectivity index (χ1) is 17.4. The molecule has 36 heavy (non-hydrogen) atoms. The smallest absolute Gasteiger partial charge is 0.416 e. The van der Waals surface area contributed by atoms with Crippen LogP contribution in [-0.4, -0.2) is 15.1 Å². The molecule has 4 nitrogen and oxygen atoms in total. The number of alkyl halides is 3. The fraction of sp³-hybridized carbons (Fsp3) is 0.0370. The summed E-state index contributed by atoms with van der Waals surface area (Å²) in [5.74, 6) is 1.37. The molecule has 0 amide bonds. The van der Waals surface area contributed by atoms with Crippen LogP contribution in [0.25, 0.3) is 31.4 Å². The van der Waals surface area contributed by atoms with E-state index in [1.54, 1.807) is 34.8 Å². The molecule has 0 fully saturated rings. The molecule has 9 heteroatoms. The SMILES string of the molecule is FC(F)(F)c1ccc(-c2cc(Oc3cccc4sccc34)ncn2)cc1.Oc1cccc2sccc12. The summed E-state index contributed by atoms with van der Waals surface area (Å²) in [7, 11) is 0. The van der Waals surface area contributed by atoms with Gasteiger partial charge in [0.25, 0.3) is 0 Å². The number of nitrogens with zero attached hydrogens (tertiary/aromatic N) is 2. The molecule has 6 rings (SSSR count). The van der Waals surface area contributed by atoms with E-state index in [0.717, 1.165) is 32.3 Å². The third-order valence-corrected chi connectivity index (χ3v) is 7.06. The van der Waals surface area contributed by atoms with Crippen molar-refractivity contribution >= 4 is 42.8 Å². The van der Waals surface area contributed by atoms with Crippen LogP contribution in [0.15, 0.2) is 96.0 Å². The number of ether oxygens (including phenoxy) is 1. The van der Waals surface area contributed by atoms with E-state index in [1.165, 1.54) is 18.5 Å². The summed E-state index contributed by atoms with van der Waals surface area (Å²) in [4.78, 5) is 8.22. The third-order valence-electron chi connectivity index (χ3n) is 5.29. The van der Waals surface area contributed by atoms with Crippen molar-refractivity contribution in [1.82, 2.24) is 9.97 Å². The van der Waals surface area contributed by atoms with Gasteiger partial charge in [-0.2, -0.15) is 13.2 Å². The Hall–Kier alpha value is -3.95. The van der Waals surface area contributed by atoms with Gasteiger partial charge in [0.2, 0.25) is 5.88 Å². The molecule has 0 bridgehead atoms. The van der Waals surface area contributed by atoms with Crippen LogP contribution in [0, 0.1) is 0 Å². The van der Waals surface area contributed by atoms with Crippen molar-refractivity contribution in [3.8, 4) is 28.6 Å². The summed E-state index contributed by atoms with van der Waals surface area (Å²) in [6, 6.07) is 21.6. The van der Waals surface area contributed by atoms with Crippen molar-refractivity contribution in [2.24, 2.45) is 0 Å². The Balaban J connectivity index is 0.000000222. The van der Waals surface area contributed by atoms with Gasteiger partial charge in [-0.05, 0) is 59.3 Å². The van der Waals surface area contributed by atoms with Crippen LogP contribution >= 0.6 is 22.7 Å². The molecule has 0 aliphatic heterocycles. The van der Waals surface area contributed by atoms with E-state index < -0.39 is 11.7 Å². The molecule has 0 aliphatic carbocycles. The highest BCUT2D eigenvalue weighted by atomic mass is 32.1. The van der Waals surface area contributed by atoms with Crippen molar-refractivity contribution < 1.29 is 23.0 Å². The summed E-state index contributed by atoms with van der Waals surface area (Å²) in [5, 5.41) is 15.2. The lowest BCUT2D eigenvalue weighted by Crippen LogP contribution is -2.04. The number of aromatic nitrogens is 2. The van der Waals surface area contributed by atoms with Gasteiger partial charge in [-0.1, -0.05) is 24.3 Å². The first-order valence-electron chi connectivity index (χ1n) is 10.7. The number of phenolic OH excluding ortho intramolecular Hbond substituents is 1. The largest absolute Gasteiger partial charge is 0.507 e. The molecule has 0 radical (unpaired) electrons. The number of hydrogen-bond donors (Lipinski definition) is 1. The Bertz CT molecular complexity index is 1630. The molecule has 1 N–H and O–H groups in total. The molecule has 0 unspecified atom stereocenters. The van der Waals surface area contributed by atoms with Gasteiger partial charge in [-0.3, -0.25) is 0 Å². The summed E-state index contributed by atoms with van der Waals surface area (Å²) in [6.07, 6.45) is -3.03. The summed E-state index contributed by atoms with van der Waals surface area (Å²) in [6.45, 7) is 0. The van der Waals surface area contributed by atoms with E-state index in [-0.39, 0.29) is 0 Å². The molecule has 3 aromatic carbocycles. The van der Waals surface area contributed by atoms with Crippen molar-refractivity contribution in [2.75, 3.05) is 0 Å². The number of halogens is 3. The van der Waals surface area contributed by atoms with Crippen molar-refractivity contribution in [3.05, 3.63) is 102 Å². The summed E-state index contributed by atoms with van der Waals surface area (Å²) >= 11 is 3.25. The number of phenols is 1. The maximum Gasteiger partial charge on any atom is 0.416 e. The third kappa shape index (κ3) is 5.17. The quantitative estimate of drug-likeness (QED) is 0.252. The second-order valence-corrected chi connectivity index (χ2v) is 9.51. The lowest BCUT2D eigenvalue weighted by molar-refractivity contribution is -0.137. The minimum atomic E-state index is -4.36. The minimum absolute atomic E-state index is 0.327. The molecule has 3 aromatic heterocycles. The average molecular weight is 523 g/mol. The predicted octanol–water partition coefficient (Wildman–Crippen LogP) is 8.78. The van der Waals surface area contributed by atoms with Gasteiger partial charge in [0.05, 0.1) is 11.3 Å². The van der Waals surface area contributed by atoms with Gasteiger partial charge in [0.1, 0.15) is 17.8 Å². The fourth-order valence-corrected chi connectivity index (χ4v) is 5.14. The highest BCUT2D eigenvalue weighted by Crippen LogP contribution is 2.34. The Kier molecular flexibility index (Phi) is 6.58. The topological polar surface area (TPSA) is 55.2 Å².